The molecule has 7 heteroatoms. The molecule has 0 unspecified atom stereocenters. The average molecular weight is 338 g/mol. The number of rotatable bonds is 3. The molecule has 4 rings (SSSR count). The van der Waals surface area contributed by atoms with Gasteiger partial charge < -0.3 is 19.7 Å². The van der Waals surface area contributed by atoms with Crippen LogP contribution in [0.15, 0.2) is 24.4 Å². The molecular formula is C18H18N4O3. The van der Waals surface area contributed by atoms with Crippen molar-refractivity contribution in [1.82, 2.24) is 10.3 Å². The van der Waals surface area contributed by atoms with Crippen molar-refractivity contribution in [2.45, 2.75) is 32.1 Å². The van der Waals surface area contributed by atoms with E-state index in [1.165, 1.54) is 0 Å². The van der Waals surface area contributed by atoms with Gasteiger partial charge in [-0.15, -0.1) is 0 Å². The van der Waals surface area contributed by atoms with Crippen molar-refractivity contribution in [3.63, 3.8) is 0 Å². The number of nitriles is 1. The Labute approximate surface area is 145 Å². The number of alkyl carbamates (subject to hydrolysis) is 1. The van der Waals surface area contributed by atoms with Crippen LogP contribution in [-0.2, 0) is 4.74 Å². The van der Waals surface area contributed by atoms with Crippen LogP contribution in [0, 0.1) is 11.3 Å². The van der Waals surface area contributed by atoms with Crippen LogP contribution < -0.4 is 15.0 Å². The first-order valence-electron chi connectivity index (χ1n) is 8.27. The highest BCUT2D eigenvalue weighted by molar-refractivity contribution is 5.94. The summed E-state index contributed by atoms with van der Waals surface area (Å²) in [5.41, 5.74) is 0.507. The Balaban J connectivity index is 1.75. The first-order chi connectivity index (χ1) is 12.0. The van der Waals surface area contributed by atoms with Crippen LogP contribution >= 0.6 is 0 Å². The van der Waals surface area contributed by atoms with Gasteiger partial charge >= 0.3 is 6.09 Å². The topological polar surface area (TPSA) is 87.5 Å². The third kappa shape index (κ3) is 2.70. The molecule has 25 heavy (non-hydrogen) atoms. The molecule has 0 aliphatic carbocycles. The minimum absolute atomic E-state index is 0.0191. The zero-order chi connectivity index (χ0) is 17.6. The molecule has 2 atom stereocenters. The van der Waals surface area contributed by atoms with Gasteiger partial charge in [-0.3, -0.25) is 0 Å². The van der Waals surface area contributed by atoms with E-state index in [1.54, 1.807) is 6.20 Å². The lowest BCUT2D eigenvalue weighted by Gasteiger charge is -2.20. The number of aromatic nitrogens is 1. The van der Waals surface area contributed by atoms with Gasteiger partial charge in [0.2, 0.25) is 0 Å². The molecule has 7 nitrogen and oxygen atoms in total. The molecule has 128 valence electrons. The summed E-state index contributed by atoms with van der Waals surface area (Å²) < 4.78 is 11.1. The first-order valence-corrected chi connectivity index (χ1v) is 8.27. The number of pyridine rings is 1. The number of amides is 1. The van der Waals surface area contributed by atoms with Crippen molar-refractivity contribution in [1.29, 1.82) is 5.26 Å². The Morgan fingerprint density at radius 3 is 3.00 bits per heavy atom. The maximum atomic E-state index is 11.3. The van der Waals surface area contributed by atoms with E-state index in [0.29, 0.717) is 24.4 Å². The third-order valence-electron chi connectivity index (χ3n) is 4.45. The maximum absolute atomic E-state index is 11.3. The van der Waals surface area contributed by atoms with Gasteiger partial charge in [-0.25, -0.2) is 9.78 Å². The lowest BCUT2D eigenvalue weighted by atomic mass is 10.1. The van der Waals surface area contributed by atoms with Gasteiger partial charge in [0.25, 0.3) is 0 Å². The van der Waals surface area contributed by atoms with Gasteiger partial charge in [-0.2, -0.15) is 5.26 Å². The molecule has 1 aromatic carbocycles. The van der Waals surface area contributed by atoms with Crippen LogP contribution in [-0.4, -0.2) is 42.4 Å². The minimum Gasteiger partial charge on any atom is -0.490 e. The van der Waals surface area contributed by atoms with Gasteiger partial charge in [-0.1, -0.05) is 0 Å². The maximum Gasteiger partial charge on any atom is 0.407 e. The highest BCUT2D eigenvalue weighted by Gasteiger charge is 2.42. The predicted octanol–water partition coefficient (Wildman–Crippen LogP) is 2.19. The summed E-state index contributed by atoms with van der Waals surface area (Å²) in [6.45, 7) is 5.09. The molecule has 2 saturated heterocycles. The van der Waals surface area contributed by atoms with Gasteiger partial charge in [0, 0.05) is 18.1 Å². The van der Waals surface area contributed by atoms with E-state index in [0.717, 1.165) is 16.6 Å². The summed E-state index contributed by atoms with van der Waals surface area (Å²) in [7, 11) is 0. The highest BCUT2D eigenvalue weighted by Crippen LogP contribution is 2.34. The summed E-state index contributed by atoms with van der Waals surface area (Å²) in [4.78, 5) is 17.9. The number of nitrogens with one attached hydrogen (secondary N) is 1. The van der Waals surface area contributed by atoms with Gasteiger partial charge in [-0.05, 0) is 37.4 Å². The molecule has 0 spiro atoms. The number of carbonyl (C=O) groups excluding carboxylic acids is 1. The number of carbonyl (C=O) groups is 1. The molecule has 2 aliphatic heterocycles. The summed E-state index contributed by atoms with van der Waals surface area (Å²) >= 11 is 0. The molecule has 0 radical (unpaired) electrons. The van der Waals surface area contributed by atoms with E-state index >= 15 is 0 Å². The predicted molar refractivity (Wildman–Crippen MR) is 91.6 cm³/mol. The molecular weight excluding hydrogens is 320 g/mol. The molecule has 0 bridgehead atoms. The number of hydrogen-bond acceptors (Lipinski definition) is 6. The number of benzene rings is 1. The van der Waals surface area contributed by atoms with E-state index in [2.05, 4.69) is 21.3 Å². The van der Waals surface area contributed by atoms with Crippen molar-refractivity contribution in [3.8, 4) is 11.8 Å². The van der Waals surface area contributed by atoms with Crippen LogP contribution in [0.25, 0.3) is 10.8 Å². The second kappa shape index (κ2) is 5.81. The van der Waals surface area contributed by atoms with E-state index < -0.39 is 0 Å². The Morgan fingerprint density at radius 1 is 1.44 bits per heavy atom. The zero-order valence-electron chi connectivity index (χ0n) is 14.0. The van der Waals surface area contributed by atoms with Gasteiger partial charge in [0.1, 0.15) is 23.7 Å². The lowest BCUT2D eigenvalue weighted by Crippen LogP contribution is -2.32. The molecule has 3 heterocycles. The fourth-order valence-electron chi connectivity index (χ4n) is 3.40. The standard InChI is InChI=1S/C18H18N4O3/c1-10(2)24-15-6-13-11(5-12(15)7-19)3-4-20-17(13)22-8-14-16(9-22)25-18(23)21-14/h3-6,10,14,16H,8-9H2,1-2H3,(H,21,23)/t14-,16+/m0/s1. The van der Waals surface area contributed by atoms with Crippen LogP contribution in [0.1, 0.15) is 19.4 Å². The lowest BCUT2D eigenvalue weighted by molar-refractivity contribution is 0.144. The average Bonchev–Trinajstić information content (AvgIpc) is 3.10. The molecule has 2 fully saturated rings. The summed E-state index contributed by atoms with van der Waals surface area (Å²) in [5.74, 6) is 1.37. The zero-order valence-corrected chi connectivity index (χ0v) is 14.0. The second-order valence-corrected chi connectivity index (χ2v) is 6.58. The van der Waals surface area contributed by atoms with Crippen LogP contribution in [0.4, 0.5) is 10.6 Å². The molecule has 2 aliphatic rings. The van der Waals surface area contributed by atoms with Crippen molar-refractivity contribution in [3.05, 3.63) is 30.0 Å². The SMILES string of the molecule is CC(C)Oc1cc2c(N3C[C@@H]4NC(=O)O[C@@H]4C3)nccc2cc1C#N. The molecule has 1 N–H and O–H groups in total. The Kier molecular flexibility index (Phi) is 3.61. The molecule has 2 aromatic rings. The summed E-state index contributed by atoms with van der Waals surface area (Å²) in [5, 5.41) is 14.1. The second-order valence-electron chi connectivity index (χ2n) is 6.58. The van der Waals surface area contributed by atoms with Crippen molar-refractivity contribution >= 4 is 22.7 Å². The fraction of sp³-hybridized carbons (Fsp3) is 0.389. The molecule has 1 amide bonds. The van der Waals surface area contributed by atoms with E-state index in [1.807, 2.05) is 32.0 Å². The van der Waals surface area contributed by atoms with Gasteiger partial charge in [0.05, 0.1) is 24.3 Å². The largest absolute Gasteiger partial charge is 0.490 e. The van der Waals surface area contributed by atoms with Crippen LogP contribution in [0.2, 0.25) is 0 Å². The number of nitrogens with zero attached hydrogens (tertiary/aromatic N) is 3. The highest BCUT2D eigenvalue weighted by atomic mass is 16.6. The van der Waals surface area contributed by atoms with E-state index in [9.17, 15) is 10.1 Å². The van der Waals surface area contributed by atoms with Crippen molar-refractivity contribution < 1.29 is 14.3 Å². The third-order valence-corrected chi connectivity index (χ3v) is 4.45. The Bertz CT molecular complexity index is 874. The van der Waals surface area contributed by atoms with E-state index in [-0.39, 0.29) is 24.3 Å². The Morgan fingerprint density at radius 2 is 2.28 bits per heavy atom. The summed E-state index contributed by atoms with van der Waals surface area (Å²) in [6.07, 6.45) is 1.19. The van der Waals surface area contributed by atoms with Crippen LogP contribution in [0.5, 0.6) is 5.75 Å². The number of ether oxygens (including phenoxy) is 2. The number of anilines is 1. The molecule has 1 aromatic heterocycles. The first kappa shape index (κ1) is 15.5. The van der Waals surface area contributed by atoms with Crippen LogP contribution in [0.3, 0.4) is 0 Å². The van der Waals surface area contributed by atoms with Crippen molar-refractivity contribution in [2.24, 2.45) is 0 Å². The fourth-order valence-corrected chi connectivity index (χ4v) is 3.40. The minimum atomic E-state index is -0.355. The Hall–Kier alpha value is -3.01. The normalized spacial score (nSPS) is 21.8. The smallest absolute Gasteiger partial charge is 0.407 e. The van der Waals surface area contributed by atoms with Gasteiger partial charge in [0.15, 0.2) is 0 Å². The molecule has 0 saturated carbocycles. The summed E-state index contributed by atoms with van der Waals surface area (Å²) in [6, 6.07) is 7.76. The van der Waals surface area contributed by atoms with Crippen molar-refractivity contribution in [2.75, 3.05) is 18.0 Å². The number of hydrogen-bond donors (Lipinski definition) is 1. The quantitative estimate of drug-likeness (QED) is 0.923. The monoisotopic (exact) mass is 338 g/mol. The van der Waals surface area contributed by atoms with E-state index in [4.69, 9.17) is 9.47 Å². The number of fused-ring (bicyclic) bond motifs is 2.